The minimum atomic E-state index is 0.281. The molecule has 0 aliphatic rings. The molecule has 0 radical (unpaired) electrons. The van der Waals surface area contributed by atoms with E-state index >= 15 is 0 Å². The molecule has 0 saturated heterocycles. The Hall–Kier alpha value is -0.730. The lowest BCUT2D eigenvalue weighted by atomic mass is 10.1. The summed E-state index contributed by atoms with van der Waals surface area (Å²) in [6.07, 6.45) is 2.33. The molecule has 1 N–H and O–H groups in total. The van der Waals surface area contributed by atoms with Crippen LogP contribution in [0.5, 0.6) is 5.75 Å². The van der Waals surface area contributed by atoms with Gasteiger partial charge in [-0.2, -0.15) is 0 Å². The van der Waals surface area contributed by atoms with Crippen LogP contribution in [0.1, 0.15) is 46.1 Å². The van der Waals surface area contributed by atoms with Crippen LogP contribution in [0.25, 0.3) is 0 Å². The second-order valence-electron chi connectivity index (χ2n) is 4.84. The first-order valence-electron chi connectivity index (χ1n) is 6.75. The molecule has 0 spiro atoms. The molecular formula is C15H24ClNO. The van der Waals surface area contributed by atoms with E-state index in [-0.39, 0.29) is 6.10 Å². The molecule has 0 saturated carbocycles. The lowest BCUT2D eigenvalue weighted by molar-refractivity contribution is 0.190. The SMILES string of the molecule is CCC(CC)Oc1ccc(Cl)cc1CNC(C)C. The van der Waals surface area contributed by atoms with Crippen molar-refractivity contribution in [3.63, 3.8) is 0 Å². The zero-order valence-electron chi connectivity index (χ0n) is 11.8. The molecule has 0 bridgehead atoms. The fourth-order valence-corrected chi connectivity index (χ4v) is 1.94. The fourth-order valence-electron chi connectivity index (χ4n) is 1.75. The number of ether oxygens (including phenoxy) is 1. The summed E-state index contributed by atoms with van der Waals surface area (Å²) >= 11 is 6.05. The Morgan fingerprint density at radius 2 is 1.89 bits per heavy atom. The number of hydrogen-bond donors (Lipinski definition) is 1. The third-order valence-electron chi connectivity index (χ3n) is 2.93. The number of benzene rings is 1. The fraction of sp³-hybridized carbons (Fsp3) is 0.600. The van der Waals surface area contributed by atoms with E-state index in [1.165, 1.54) is 0 Å². The van der Waals surface area contributed by atoms with Crippen LogP contribution < -0.4 is 10.1 Å². The highest BCUT2D eigenvalue weighted by Gasteiger charge is 2.10. The summed E-state index contributed by atoms with van der Waals surface area (Å²) in [5, 5.41) is 4.16. The van der Waals surface area contributed by atoms with Gasteiger partial charge in [0.25, 0.3) is 0 Å². The van der Waals surface area contributed by atoms with E-state index in [2.05, 4.69) is 33.0 Å². The maximum absolute atomic E-state index is 6.05. The van der Waals surface area contributed by atoms with Crippen LogP contribution in [-0.4, -0.2) is 12.1 Å². The van der Waals surface area contributed by atoms with Gasteiger partial charge in [0, 0.05) is 23.2 Å². The molecule has 0 aliphatic heterocycles. The zero-order chi connectivity index (χ0) is 13.5. The van der Waals surface area contributed by atoms with Crippen molar-refractivity contribution in [2.45, 2.75) is 59.2 Å². The van der Waals surface area contributed by atoms with Crippen molar-refractivity contribution < 1.29 is 4.74 Å². The Kier molecular flexibility index (Phi) is 6.51. The maximum atomic E-state index is 6.05. The first-order chi connectivity index (χ1) is 8.56. The van der Waals surface area contributed by atoms with Crippen LogP contribution in [0.2, 0.25) is 5.02 Å². The highest BCUT2D eigenvalue weighted by atomic mass is 35.5. The lowest BCUT2D eigenvalue weighted by Crippen LogP contribution is -2.23. The van der Waals surface area contributed by atoms with E-state index in [0.29, 0.717) is 6.04 Å². The van der Waals surface area contributed by atoms with Gasteiger partial charge in [0.15, 0.2) is 0 Å². The van der Waals surface area contributed by atoms with E-state index in [1.54, 1.807) is 0 Å². The topological polar surface area (TPSA) is 21.3 Å². The second kappa shape index (κ2) is 7.65. The molecule has 18 heavy (non-hydrogen) atoms. The van der Waals surface area contributed by atoms with Crippen molar-refractivity contribution in [1.29, 1.82) is 0 Å². The number of nitrogens with one attached hydrogen (secondary N) is 1. The van der Waals surface area contributed by atoms with Crippen molar-refractivity contribution in [2.75, 3.05) is 0 Å². The lowest BCUT2D eigenvalue weighted by Gasteiger charge is -2.19. The van der Waals surface area contributed by atoms with Crippen LogP contribution in [0.15, 0.2) is 18.2 Å². The maximum Gasteiger partial charge on any atom is 0.124 e. The Bertz CT molecular complexity index is 362. The summed E-state index contributed by atoms with van der Waals surface area (Å²) in [6, 6.07) is 6.29. The molecule has 102 valence electrons. The molecule has 0 fully saturated rings. The normalized spacial score (nSPS) is 11.3. The second-order valence-corrected chi connectivity index (χ2v) is 5.28. The smallest absolute Gasteiger partial charge is 0.124 e. The summed E-state index contributed by atoms with van der Waals surface area (Å²) in [4.78, 5) is 0. The molecule has 0 aromatic heterocycles. The van der Waals surface area contributed by atoms with Gasteiger partial charge in [0.2, 0.25) is 0 Å². The minimum Gasteiger partial charge on any atom is -0.490 e. The predicted molar refractivity (Wildman–Crippen MR) is 78.4 cm³/mol. The molecule has 0 atom stereocenters. The molecule has 0 heterocycles. The largest absolute Gasteiger partial charge is 0.490 e. The first-order valence-corrected chi connectivity index (χ1v) is 7.13. The van der Waals surface area contributed by atoms with Crippen molar-refractivity contribution in [3.05, 3.63) is 28.8 Å². The average molecular weight is 270 g/mol. The number of halogens is 1. The van der Waals surface area contributed by atoms with Crippen LogP contribution in [0.3, 0.4) is 0 Å². The van der Waals surface area contributed by atoms with Crippen molar-refractivity contribution in [3.8, 4) is 5.75 Å². The van der Waals surface area contributed by atoms with Gasteiger partial charge in [0.05, 0.1) is 6.10 Å². The van der Waals surface area contributed by atoms with Gasteiger partial charge in [-0.3, -0.25) is 0 Å². The van der Waals surface area contributed by atoms with E-state index in [0.717, 1.165) is 35.7 Å². The highest BCUT2D eigenvalue weighted by Crippen LogP contribution is 2.25. The van der Waals surface area contributed by atoms with E-state index < -0.39 is 0 Å². The van der Waals surface area contributed by atoms with Crippen LogP contribution in [0, 0.1) is 0 Å². The monoisotopic (exact) mass is 269 g/mol. The van der Waals surface area contributed by atoms with Crippen LogP contribution in [-0.2, 0) is 6.54 Å². The molecule has 1 rings (SSSR count). The van der Waals surface area contributed by atoms with Crippen LogP contribution in [0.4, 0.5) is 0 Å². The van der Waals surface area contributed by atoms with E-state index in [1.807, 2.05) is 18.2 Å². The van der Waals surface area contributed by atoms with E-state index in [4.69, 9.17) is 16.3 Å². The van der Waals surface area contributed by atoms with Gasteiger partial charge >= 0.3 is 0 Å². The summed E-state index contributed by atoms with van der Waals surface area (Å²) < 4.78 is 6.03. The van der Waals surface area contributed by atoms with Gasteiger partial charge in [-0.1, -0.05) is 39.3 Å². The Balaban J connectivity index is 2.81. The standard InChI is InChI=1S/C15H24ClNO/c1-5-14(6-2)18-15-8-7-13(16)9-12(15)10-17-11(3)4/h7-9,11,14,17H,5-6,10H2,1-4H3. The van der Waals surface area contributed by atoms with Crippen molar-refractivity contribution in [1.82, 2.24) is 5.32 Å². The summed E-state index contributed by atoms with van der Waals surface area (Å²) in [7, 11) is 0. The zero-order valence-corrected chi connectivity index (χ0v) is 12.6. The molecule has 0 amide bonds. The average Bonchev–Trinajstić information content (AvgIpc) is 2.35. The third kappa shape index (κ3) is 4.87. The summed E-state index contributed by atoms with van der Waals surface area (Å²) in [5.41, 5.74) is 1.13. The predicted octanol–water partition coefficient (Wildman–Crippen LogP) is 4.41. The van der Waals surface area contributed by atoms with E-state index in [9.17, 15) is 0 Å². The number of rotatable bonds is 7. The summed E-state index contributed by atoms with van der Waals surface area (Å²) in [6.45, 7) is 9.35. The summed E-state index contributed by atoms with van der Waals surface area (Å²) in [5.74, 6) is 0.946. The Morgan fingerprint density at radius 3 is 2.44 bits per heavy atom. The van der Waals surface area contributed by atoms with Gasteiger partial charge in [0.1, 0.15) is 5.75 Å². The minimum absolute atomic E-state index is 0.281. The van der Waals surface area contributed by atoms with Gasteiger partial charge in [-0.05, 0) is 31.0 Å². The number of hydrogen-bond acceptors (Lipinski definition) is 2. The van der Waals surface area contributed by atoms with Crippen LogP contribution >= 0.6 is 11.6 Å². The molecule has 1 aromatic rings. The quantitative estimate of drug-likeness (QED) is 0.792. The molecule has 1 aromatic carbocycles. The molecule has 0 unspecified atom stereocenters. The highest BCUT2D eigenvalue weighted by molar-refractivity contribution is 6.30. The van der Waals surface area contributed by atoms with Gasteiger partial charge < -0.3 is 10.1 Å². The van der Waals surface area contributed by atoms with Gasteiger partial charge in [-0.25, -0.2) is 0 Å². The molecule has 0 aliphatic carbocycles. The molecule has 2 nitrogen and oxygen atoms in total. The Morgan fingerprint density at radius 1 is 1.22 bits per heavy atom. The molecule has 3 heteroatoms. The third-order valence-corrected chi connectivity index (χ3v) is 3.16. The first kappa shape index (κ1) is 15.3. The van der Waals surface area contributed by atoms with Crippen molar-refractivity contribution >= 4 is 11.6 Å². The van der Waals surface area contributed by atoms with Crippen molar-refractivity contribution in [2.24, 2.45) is 0 Å². The Labute approximate surface area is 116 Å². The molecular weight excluding hydrogens is 246 g/mol. The van der Waals surface area contributed by atoms with Gasteiger partial charge in [-0.15, -0.1) is 0 Å².